The number of benzene rings is 1. The van der Waals surface area contributed by atoms with E-state index < -0.39 is 0 Å². The summed E-state index contributed by atoms with van der Waals surface area (Å²) in [6, 6.07) is 7.64. The number of carbonyl (C=O) groups excluding carboxylic acids is 1. The summed E-state index contributed by atoms with van der Waals surface area (Å²) in [6.07, 6.45) is 2.87. The smallest absolute Gasteiger partial charge is 0.254 e. The second-order valence-corrected chi connectivity index (χ2v) is 5.20. The van der Waals surface area contributed by atoms with Gasteiger partial charge in [0, 0.05) is 37.5 Å². The fraction of sp³-hybridized carbons (Fsp3) is 0.562. The molecule has 5 nitrogen and oxygen atoms in total. The maximum absolute atomic E-state index is 12.4. The van der Waals surface area contributed by atoms with E-state index in [0.717, 1.165) is 37.1 Å². The largest absolute Gasteiger partial charge is 0.396 e. The van der Waals surface area contributed by atoms with Gasteiger partial charge in [-0.3, -0.25) is 4.79 Å². The first kappa shape index (κ1) is 15.8. The fourth-order valence-corrected chi connectivity index (χ4v) is 2.36. The van der Waals surface area contributed by atoms with Gasteiger partial charge in [-0.05, 0) is 37.5 Å². The molecule has 1 heterocycles. The van der Waals surface area contributed by atoms with Crippen molar-refractivity contribution < 1.29 is 14.6 Å². The van der Waals surface area contributed by atoms with Crippen molar-refractivity contribution in [3.05, 3.63) is 29.8 Å². The number of morpholine rings is 1. The fourth-order valence-electron chi connectivity index (χ4n) is 2.36. The molecule has 1 aliphatic heterocycles. The molecule has 0 unspecified atom stereocenters. The highest BCUT2D eigenvalue weighted by Crippen LogP contribution is 2.14. The molecule has 0 atom stereocenters. The van der Waals surface area contributed by atoms with Crippen molar-refractivity contribution in [3.63, 3.8) is 0 Å². The molecule has 1 fully saturated rings. The summed E-state index contributed by atoms with van der Waals surface area (Å²) < 4.78 is 5.27. The molecule has 0 saturated carbocycles. The van der Waals surface area contributed by atoms with Gasteiger partial charge in [0.25, 0.3) is 5.91 Å². The van der Waals surface area contributed by atoms with Crippen molar-refractivity contribution in [1.29, 1.82) is 0 Å². The molecule has 116 valence electrons. The van der Waals surface area contributed by atoms with Crippen molar-refractivity contribution in [3.8, 4) is 0 Å². The van der Waals surface area contributed by atoms with Crippen LogP contribution < -0.4 is 5.32 Å². The average molecular weight is 292 g/mol. The van der Waals surface area contributed by atoms with Gasteiger partial charge in [-0.1, -0.05) is 6.07 Å². The molecule has 0 aromatic heterocycles. The summed E-state index contributed by atoms with van der Waals surface area (Å²) in [6.45, 7) is 3.68. The van der Waals surface area contributed by atoms with Crippen LogP contribution >= 0.6 is 0 Å². The first-order chi connectivity index (χ1) is 10.3. The molecule has 0 bridgehead atoms. The number of hydrogen-bond acceptors (Lipinski definition) is 4. The molecular formula is C16H24N2O3. The van der Waals surface area contributed by atoms with Crippen LogP contribution in [0, 0.1) is 0 Å². The Morgan fingerprint density at radius 2 is 2.05 bits per heavy atom. The third kappa shape index (κ3) is 5.02. The minimum Gasteiger partial charge on any atom is -0.396 e. The quantitative estimate of drug-likeness (QED) is 0.751. The highest BCUT2D eigenvalue weighted by Gasteiger charge is 2.18. The SMILES string of the molecule is O=C(c1cccc(NCCCCCO)c1)N1CCOCC1. The number of nitrogens with zero attached hydrogens (tertiary/aromatic N) is 1. The van der Waals surface area contributed by atoms with Gasteiger partial charge in [0.2, 0.25) is 0 Å². The Morgan fingerprint density at radius 1 is 1.24 bits per heavy atom. The molecule has 21 heavy (non-hydrogen) atoms. The van der Waals surface area contributed by atoms with E-state index in [1.165, 1.54) is 0 Å². The summed E-state index contributed by atoms with van der Waals surface area (Å²) in [5.74, 6) is 0.0715. The highest BCUT2D eigenvalue weighted by molar-refractivity contribution is 5.95. The van der Waals surface area contributed by atoms with E-state index in [1.807, 2.05) is 29.2 Å². The molecule has 0 spiro atoms. The van der Waals surface area contributed by atoms with Crippen LogP contribution in [0.25, 0.3) is 0 Å². The summed E-state index contributed by atoms with van der Waals surface area (Å²) in [7, 11) is 0. The second kappa shape index (κ2) is 8.64. The molecule has 0 radical (unpaired) electrons. The standard InChI is InChI=1S/C16H24N2O3/c19-10-3-1-2-7-17-15-6-4-5-14(13-15)16(20)18-8-11-21-12-9-18/h4-6,13,17,19H,1-3,7-12H2. The number of ether oxygens (including phenoxy) is 1. The van der Waals surface area contributed by atoms with Crippen LogP contribution in [-0.4, -0.2) is 55.4 Å². The number of nitrogens with one attached hydrogen (secondary N) is 1. The minimum absolute atomic E-state index is 0.0715. The number of aliphatic hydroxyl groups excluding tert-OH is 1. The van der Waals surface area contributed by atoms with Crippen molar-refractivity contribution in [2.24, 2.45) is 0 Å². The van der Waals surface area contributed by atoms with Crippen molar-refractivity contribution >= 4 is 11.6 Å². The summed E-state index contributed by atoms with van der Waals surface area (Å²) in [5, 5.41) is 12.1. The van der Waals surface area contributed by atoms with E-state index in [9.17, 15) is 4.79 Å². The van der Waals surface area contributed by atoms with Gasteiger partial charge < -0.3 is 20.1 Å². The van der Waals surface area contributed by atoms with Crippen LogP contribution in [0.3, 0.4) is 0 Å². The maximum Gasteiger partial charge on any atom is 0.254 e. The molecule has 1 aliphatic rings. The minimum atomic E-state index is 0.0715. The van der Waals surface area contributed by atoms with Crippen LogP contribution in [0.4, 0.5) is 5.69 Å². The Bertz CT molecular complexity index is 445. The predicted octanol–water partition coefficient (Wildman–Crippen LogP) is 1.73. The third-order valence-corrected chi connectivity index (χ3v) is 3.57. The van der Waals surface area contributed by atoms with Gasteiger partial charge in [0.05, 0.1) is 13.2 Å². The van der Waals surface area contributed by atoms with E-state index in [2.05, 4.69) is 5.32 Å². The lowest BCUT2D eigenvalue weighted by Gasteiger charge is -2.27. The van der Waals surface area contributed by atoms with Gasteiger partial charge in [-0.25, -0.2) is 0 Å². The van der Waals surface area contributed by atoms with E-state index in [4.69, 9.17) is 9.84 Å². The van der Waals surface area contributed by atoms with Crippen LogP contribution in [0.15, 0.2) is 24.3 Å². The highest BCUT2D eigenvalue weighted by atomic mass is 16.5. The maximum atomic E-state index is 12.4. The Morgan fingerprint density at radius 3 is 2.81 bits per heavy atom. The van der Waals surface area contributed by atoms with Crippen LogP contribution in [0.2, 0.25) is 0 Å². The van der Waals surface area contributed by atoms with Gasteiger partial charge >= 0.3 is 0 Å². The monoisotopic (exact) mass is 292 g/mol. The van der Waals surface area contributed by atoms with Crippen LogP contribution in [0.5, 0.6) is 0 Å². The number of carbonyl (C=O) groups is 1. The lowest BCUT2D eigenvalue weighted by molar-refractivity contribution is 0.0303. The Labute approximate surface area is 125 Å². The topological polar surface area (TPSA) is 61.8 Å². The molecule has 1 saturated heterocycles. The summed E-state index contributed by atoms with van der Waals surface area (Å²) in [5.41, 5.74) is 1.69. The first-order valence-corrected chi connectivity index (χ1v) is 7.63. The number of anilines is 1. The molecular weight excluding hydrogens is 268 g/mol. The number of rotatable bonds is 7. The first-order valence-electron chi connectivity index (χ1n) is 7.63. The van der Waals surface area contributed by atoms with Crippen LogP contribution in [-0.2, 0) is 4.74 Å². The van der Waals surface area contributed by atoms with Gasteiger partial charge in [-0.2, -0.15) is 0 Å². The average Bonchev–Trinajstić information content (AvgIpc) is 2.55. The summed E-state index contributed by atoms with van der Waals surface area (Å²) in [4.78, 5) is 14.2. The Hall–Kier alpha value is -1.59. The van der Waals surface area contributed by atoms with Crippen LogP contribution in [0.1, 0.15) is 29.6 Å². The number of unbranched alkanes of at least 4 members (excludes halogenated alkanes) is 2. The lowest BCUT2D eigenvalue weighted by atomic mass is 10.1. The van der Waals surface area contributed by atoms with Gasteiger partial charge in [-0.15, -0.1) is 0 Å². The molecule has 0 aliphatic carbocycles. The third-order valence-electron chi connectivity index (χ3n) is 3.57. The Balaban J connectivity index is 1.86. The number of hydrogen-bond donors (Lipinski definition) is 2. The second-order valence-electron chi connectivity index (χ2n) is 5.20. The molecule has 1 aromatic rings. The predicted molar refractivity (Wildman–Crippen MR) is 82.6 cm³/mol. The van der Waals surface area contributed by atoms with Crippen molar-refractivity contribution in [2.75, 3.05) is 44.8 Å². The summed E-state index contributed by atoms with van der Waals surface area (Å²) >= 11 is 0. The zero-order valence-electron chi connectivity index (χ0n) is 12.4. The van der Waals surface area contributed by atoms with Gasteiger partial charge in [0.1, 0.15) is 0 Å². The molecule has 5 heteroatoms. The molecule has 1 aromatic carbocycles. The normalized spacial score (nSPS) is 15.0. The van der Waals surface area contributed by atoms with E-state index in [0.29, 0.717) is 26.3 Å². The van der Waals surface area contributed by atoms with E-state index in [-0.39, 0.29) is 12.5 Å². The van der Waals surface area contributed by atoms with Crippen molar-refractivity contribution in [2.45, 2.75) is 19.3 Å². The lowest BCUT2D eigenvalue weighted by Crippen LogP contribution is -2.40. The number of aliphatic hydroxyl groups is 1. The van der Waals surface area contributed by atoms with E-state index >= 15 is 0 Å². The Kier molecular flexibility index (Phi) is 6.50. The van der Waals surface area contributed by atoms with Gasteiger partial charge in [0.15, 0.2) is 0 Å². The zero-order chi connectivity index (χ0) is 14.9. The molecule has 2 rings (SSSR count). The molecule has 2 N–H and O–H groups in total. The number of amides is 1. The van der Waals surface area contributed by atoms with E-state index in [1.54, 1.807) is 0 Å². The zero-order valence-corrected chi connectivity index (χ0v) is 12.4. The van der Waals surface area contributed by atoms with Crippen molar-refractivity contribution in [1.82, 2.24) is 4.90 Å². The molecule has 1 amide bonds.